The Morgan fingerprint density at radius 1 is 1.12 bits per heavy atom. The molecule has 1 saturated heterocycles. The highest BCUT2D eigenvalue weighted by atomic mass is 15.0. The van der Waals surface area contributed by atoms with Gasteiger partial charge in [0.25, 0.3) is 0 Å². The van der Waals surface area contributed by atoms with Crippen LogP contribution >= 0.6 is 0 Å². The summed E-state index contributed by atoms with van der Waals surface area (Å²) in [5.41, 5.74) is 0.334. The van der Waals surface area contributed by atoms with Crippen molar-refractivity contribution in [3.05, 3.63) is 0 Å². The van der Waals surface area contributed by atoms with E-state index in [1.54, 1.807) is 0 Å². The average molecular weight is 238 g/mol. The Balaban J connectivity index is 1.61. The molecule has 2 heteroatoms. The van der Waals surface area contributed by atoms with E-state index in [2.05, 4.69) is 24.5 Å². The monoisotopic (exact) mass is 238 g/mol. The zero-order chi connectivity index (χ0) is 12.1. The van der Waals surface area contributed by atoms with Gasteiger partial charge in [0.05, 0.1) is 0 Å². The van der Waals surface area contributed by atoms with Gasteiger partial charge in [0.15, 0.2) is 0 Å². The molecule has 1 aliphatic heterocycles. The van der Waals surface area contributed by atoms with E-state index in [0.29, 0.717) is 5.54 Å². The molecular weight excluding hydrogens is 208 g/mol. The molecule has 0 aromatic heterocycles. The average Bonchev–Trinajstić information content (AvgIpc) is 2.29. The molecular formula is C15H30N2. The third-order valence-electron chi connectivity index (χ3n) is 4.56. The van der Waals surface area contributed by atoms with Crippen LogP contribution in [0, 0.1) is 5.92 Å². The van der Waals surface area contributed by atoms with Crippen molar-refractivity contribution < 1.29 is 0 Å². The number of hydrogen-bond acceptors (Lipinski definition) is 2. The van der Waals surface area contributed by atoms with Crippen LogP contribution in [-0.2, 0) is 0 Å². The highest BCUT2D eigenvalue weighted by Gasteiger charge is 2.26. The van der Waals surface area contributed by atoms with Crippen LogP contribution in [0.15, 0.2) is 0 Å². The van der Waals surface area contributed by atoms with E-state index in [1.807, 2.05) is 0 Å². The normalized spacial score (nSPS) is 30.4. The molecule has 100 valence electrons. The van der Waals surface area contributed by atoms with Gasteiger partial charge in [-0.25, -0.2) is 0 Å². The Labute approximate surface area is 107 Å². The number of hydrogen-bond donors (Lipinski definition) is 2. The number of nitrogens with one attached hydrogen (secondary N) is 2. The van der Waals surface area contributed by atoms with Crippen LogP contribution in [0.5, 0.6) is 0 Å². The SMILES string of the molecule is CC1(C)CC(NCCC2CCCCC2)CCN1. The third-order valence-corrected chi connectivity index (χ3v) is 4.56. The first-order valence-corrected chi connectivity index (χ1v) is 7.64. The summed E-state index contributed by atoms with van der Waals surface area (Å²) in [6.45, 7) is 7.06. The lowest BCUT2D eigenvalue weighted by Gasteiger charge is -2.37. The van der Waals surface area contributed by atoms with Gasteiger partial charge in [0.1, 0.15) is 0 Å². The molecule has 1 saturated carbocycles. The Morgan fingerprint density at radius 3 is 2.59 bits per heavy atom. The lowest BCUT2D eigenvalue weighted by Crippen LogP contribution is -2.52. The van der Waals surface area contributed by atoms with Crippen LogP contribution in [-0.4, -0.2) is 24.7 Å². The molecule has 17 heavy (non-hydrogen) atoms. The van der Waals surface area contributed by atoms with E-state index in [-0.39, 0.29) is 0 Å². The van der Waals surface area contributed by atoms with E-state index in [0.717, 1.165) is 12.0 Å². The molecule has 0 aromatic carbocycles. The summed E-state index contributed by atoms with van der Waals surface area (Å²) >= 11 is 0. The Kier molecular flexibility index (Phi) is 4.87. The van der Waals surface area contributed by atoms with Gasteiger partial charge in [-0.05, 0) is 52.1 Å². The smallest absolute Gasteiger partial charge is 0.0139 e. The fraction of sp³-hybridized carbons (Fsp3) is 1.00. The maximum absolute atomic E-state index is 3.78. The minimum absolute atomic E-state index is 0.334. The van der Waals surface area contributed by atoms with E-state index < -0.39 is 0 Å². The van der Waals surface area contributed by atoms with Gasteiger partial charge >= 0.3 is 0 Å². The van der Waals surface area contributed by atoms with Crippen molar-refractivity contribution in [1.82, 2.24) is 10.6 Å². The fourth-order valence-corrected chi connectivity index (χ4v) is 3.52. The Morgan fingerprint density at radius 2 is 1.88 bits per heavy atom. The molecule has 0 radical (unpaired) electrons. The number of piperidine rings is 1. The summed E-state index contributed by atoms with van der Waals surface area (Å²) in [6, 6.07) is 0.745. The lowest BCUT2D eigenvalue weighted by atomic mass is 9.86. The molecule has 2 rings (SSSR count). The van der Waals surface area contributed by atoms with Crippen molar-refractivity contribution in [2.24, 2.45) is 5.92 Å². The molecule has 1 aliphatic carbocycles. The molecule has 0 amide bonds. The molecule has 1 unspecified atom stereocenters. The Bertz CT molecular complexity index is 219. The first-order valence-electron chi connectivity index (χ1n) is 7.64. The zero-order valence-corrected chi connectivity index (χ0v) is 11.7. The van der Waals surface area contributed by atoms with Crippen molar-refractivity contribution in [3.8, 4) is 0 Å². The molecule has 2 aliphatic rings. The van der Waals surface area contributed by atoms with Crippen LogP contribution in [0.3, 0.4) is 0 Å². The van der Waals surface area contributed by atoms with Gasteiger partial charge < -0.3 is 10.6 Å². The summed E-state index contributed by atoms with van der Waals surface area (Å²) in [5, 5.41) is 7.37. The van der Waals surface area contributed by atoms with E-state index >= 15 is 0 Å². The summed E-state index contributed by atoms with van der Waals surface area (Å²) in [7, 11) is 0. The largest absolute Gasteiger partial charge is 0.314 e. The first kappa shape index (κ1) is 13.4. The summed E-state index contributed by atoms with van der Waals surface area (Å²) in [4.78, 5) is 0. The van der Waals surface area contributed by atoms with Gasteiger partial charge in [-0.15, -0.1) is 0 Å². The van der Waals surface area contributed by atoms with Crippen molar-refractivity contribution in [1.29, 1.82) is 0 Å². The van der Waals surface area contributed by atoms with Crippen molar-refractivity contribution in [3.63, 3.8) is 0 Å². The minimum atomic E-state index is 0.334. The fourth-order valence-electron chi connectivity index (χ4n) is 3.52. The molecule has 0 spiro atoms. The Hall–Kier alpha value is -0.0800. The van der Waals surface area contributed by atoms with Crippen LogP contribution in [0.25, 0.3) is 0 Å². The van der Waals surface area contributed by atoms with E-state index in [9.17, 15) is 0 Å². The molecule has 0 bridgehead atoms. The quantitative estimate of drug-likeness (QED) is 0.786. The summed E-state index contributed by atoms with van der Waals surface area (Å²) in [5.74, 6) is 1.02. The van der Waals surface area contributed by atoms with Crippen molar-refractivity contribution >= 4 is 0 Å². The highest BCUT2D eigenvalue weighted by Crippen LogP contribution is 2.26. The van der Waals surface area contributed by atoms with Crippen LogP contribution in [0.4, 0.5) is 0 Å². The van der Waals surface area contributed by atoms with Gasteiger partial charge in [-0.3, -0.25) is 0 Å². The predicted molar refractivity (Wildman–Crippen MR) is 74.3 cm³/mol. The third kappa shape index (κ3) is 4.59. The van der Waals surface area contributed by atoms with Crippen molar-refractivity contribution in [2.45, 2.75) is 76.8 Å². The molecule has 1 atom stereocenters. The first-order chi connectivity index (χ1) is 8.16. The lowest BCUT2D eigenvalue weighted by molar-refractivity contribution is 0.241. The summed E-state index contributed by atoms with van der Waals surface area (Å²) in [6.07, 6.45) is 11.4. The topological polar surface area (TPSA) is 24.1 Å². The van der Waals surface area contributed by atoms with Crippen LogP contribution in [0.1, 0.15) is 65.2 Å². The standard InChI is InChI=1S/C15H30N2/c1-15(2)12-14(9-11-17-15)16-10-8-13-6-4-3-5-7-13/h13-14,16-17H,3-12H2,1-2H3. The molecule has 0 aromatic rings. The number of rotatable bonds is 4. The van der Waals surface area contributed by atoms with Gasteiger partial charge in [-0.2, -0.15) is 0 Å². The molecule has 2 N–H and O–H groups in total. The predicted octanol–water partition coefficient (Wildman–Crippen LogP) is 3.08. The second kappa shape index (κ2) is 6.19. The van der Waals surface area contributed by atoms with E-state index in [1.165, 1.54) is 64.5 Å². The van der Waals surface area contributed by atoms with Gasteiger partial charge in [0, 0.05) is 11.6 Å². The van der Waals surface area contributed by atoms with Crippen LogP contribution < -0.4 is 10.6 Å². The maximum atomic E-state index is 3.78. The minimum Gasteiger partial charge on any atom is -0.314 e. The zero-order valence-electron chi connectivity index (χ0n) is 11.7. The van der Waals surface area contributed by atoms with E-state index in [4.69, 9.17) is 0 Å². The molecule has 2 nitrogen and oxygen atoms in total. The summed E-state index contributed by atoms with van der Waals surface area (Å²) < 4.78 is 0. The second-order valence-electron chi connectivity index (χ2n) is 6.75. The molecule has 1 heterocycles. The highest BCUT2D eigenvalue weighted by molar-refractivity contribution is 4.89. The molecule has 2 fully saturated rings. The van der Waals surface area contributed by atoms with Crippen LogP contribution in [0.2, 0.25) is 0 Å². The van der Waals surface area contributed by atoms with Crippen molar-refractivity contribution in [2.75, 3.05) is 13.1 Å². The maximum Gasteiger partial charge on any atom is 0.0139 e. The van der Waals surface area contributed by atoms with Gasteiger partial charge in [0.2, 0.25) is 0 Å². The second-order valence-corrected chi connectivity index (χ2v) is 6.75. The van der Waals surface area contributed by atoms with Gasteiger partial charge in [-0.1, -0.05) is 32.1 Å².